The molecule has 0 fully saturated rings. The number of rotatable bonds is 5. The van der Waals surface area contributed by atoms with Crippen LogP contribution < -0.4 is 10.2 Å². The van der Waals surface area contributed by atoms with Crippen molar-refractivity contribution < 1.29 is 9.59 Å². The van der Waals surface area contributed by atoms with Gasteiger partial charge in [-0.25, -0.2) is 0 Å². The number of amides is 2. The van der Waals surface area contributed by atoms with E-state index in [4.69, 9.17) is 0 Å². The zero-order chi connectivity index (χ0) is 13.5. The van der Waals surface area contributed by atoms with Crippen LogP contribution in [0, 0.1) is 5.92 Å². The van der Waals surface area contributed by atoms with Crippen molar-refractivity contribution in [2.24, 2.45) is 5.92 Å². The Bertz CT molecular complexity index is 402. The molecule has 0 aliphatic rings. The summed E-state index contributed by atoms with van der Waals surface area (Å²) in [5.41, 5.74) is 0.851. The van der Waals surface area contributed by atoms with E-state index in [0.717, 1.165) is 5.69 Å². The summed E-state index contributed by atoms with van der Waals surface area (Å²) in [4.78, 5) is 24.6. The van der Waals surface area contributed by atoms with Gasteiger partial charge in [-0.1, -0.05) is 32.0 Å². The quantitative estimate of drug-likeness (QED) is 0.864. The lowest BCUT2D eigenvalue weighted by Crippen LogP contribution is -2.38. The molecule has 4 nitrogen and oxygen atoms in total. The first-order chi connectivity index (χ1) is 8.52. The number of benzene rings is 1. The first kappa shape index (κ1) is 14.2. The molecule has 0 aromatic heterocycles. The molecule has 0 heterocycles. The van der Waals surface area contributed by atoms with E-state index in [-0.39, 0.29) is 17.7 Å². The van der Waals surface area contributed by atoms with Crippen molar-refractivity contribution in [3.63, 3.8) is 0 Å². The smallest absolute Gasteiger partial charge is 0.223 e. The van der Waals surface area contributed by atoms with E-state index in [1.54, 1.807) is 4.90 Å². The summed E-state index contributed by atoms with van der Waals surface area (Å²) in [5, 5.41) is 2.80. The summed E-state index contributed by atoms with van der Waals surface area (Å²) >= 11 is 0. The van der Waals surface area contributed by atoms with Gasteiger partial charge >= 0.3 is 0 Å². The third kappa shape index (κ3) is 4.20. The van der Waals surface area contributed by atoms with Crippen LogP contribution in [0.2, 0.25) is 0 Å². The number of carbonyl (C=O) groups is 2. The van der Waals surface area contributed by atoms with E-state index in [9.17, 15) is 9.59 Å². The molecule has 0 unspecified atom stereocenters. The second-order valence-electron chi connectivity index (χ2n) is 4.45. The Labute approximate surface area is 108 Å². The standard InChI is InChI=1S/C14H20N2O2/c1-11(2)14(18)15-9-10-16(12(3)17)13-7-5-4-6-8-13/h4-8,11H,9-10H2,1-3H3,(H,15,18). The average molecular weight is 248 g/mol. The molecule has 2 amide bonds. The van der Waals surface area contributed by atoms with Crippen LogP contribution >= 0.6 is 0 Å². The second-order valence-corrected chi connectivity index (χ2v) is 4.45. The first-order valence-corrected chi connectivity index (χ1v) is 6.13. The van der Waals surface area contributed by atoms with Gasteiger partial charge in [-0.05, 0) is 12.1 Å². The summed E-state index contributed by atoms with van der Waals surface area (Å²) in [6.07, 6.45) is 0. The minimum Gasteiger partial charge on any atom is -0.354 e. The van der Waals surface area contributed by atoms with Crippen LogP contribution in [-0.4, -0.2) is 24.9 Å². The van der Waals surface area contributed by atoms with Crippen LogP contribution in [0.1, 0.15) is 20.8 Å². The molecule has 0 bridgehead atoms. The van der Waals surface area contributed by atoms with Crippen molar-refractivity contribution in [2.45, 2.75) is 20.8 Å². The molecule has 18 heavy (non-hydrogen) atoms. The van der Waals surface area contributed by atoms with Crippen molar-refractivity contribution in [1.82, 2.24) is 5.32 Å². The molecule has 98 valence electrons. The molecular weight excluding hydrogens is 228 g/mol. The van der Waals surface area contributed by atoms with E-state index in [2.05, 4.69) is 5.32 Å². The van der Waals surface area contributed by atoms with Gasteiger partial charge in [0, 0.05) is 31.6 Å². The van der Waals surface area contributed by atoms with Crippen molar-refractivity contribution in [3.8, 4) is 0 Å². The number of para-hydroxylation sites is 1. The summed E-state index contributed by atoms with van der Waals surface area (Å²) in [6, 6.07) is 9.44. The van der Waals surface area contributed by atoms with Crippen LogP contribution in [0.25, 0.3) is 0 Å². The number of nitrogens with one attached hydrogen (secondary N) is 1. The Kier molecular flexibility index (Phi) is 5.36. The van der Waals surface area contributed by atoms with Crippen molar-refractivity contribution in [1.29, 1.82) is 0 Å². The fraction of sp³-hybridized carbons (Fsp3) is 0.429. The van der Waals surface area contributed by atoms with Crippen LogP contribution in [-0.2, 0) is 9.59 Å². The zero-order valence-corrected chi connectivity index (χ0v) is 11.1. The lowest BCUT2D eigenvalue weighted by atomic mass is 10.2. The highest BCUT2D eigenvalue weighted by atomic mass is 16.2. The zero-order valence-electron chi connectivity index (χ0n) is 11.1. The van der Waals surface area contributed by atoms with E-state index in [1.165, 1.54) is 6.92 Å². The molecule has 1 aromatic rings. The summed E-state index contributed by atoms with van der Waals surface area (Å²) in [6.45, 7) is 6.16. The molecule has 0 atom stereocenters. The minimum absolute atomic E-state index is 0.00608. The van der Waals surface area contributed by atoms with Gasteiger partial charge in [-0.15, -0.1) is 0 Å². The lowest BCUT2D eigenvalue weighted by molar-refractivity contribution is -0.124. The number of nitrogens with zero attached hydrogens (tertiary/aromatic N) is 1. The van der Waals surface area contributed by atoms with E-state index >= 15 is 0 Å². The van der Waals surface area contributed by atoms with Gasteiger partial charge in [0.05, 0.1) is 0 Å². The predicted octanol–water partition coefficient (Wildman–Crippen LogP) is 1.81. The van der Waals surface area contributed by atoms with Gasteiger partial charge in [-0.2, -0.15) is 0 Å². The van der Waals surface area contributed by atoms with Crippen LogP contribution in [0.3, 0.4) is 0 Å². The third-order valence-electron chi connectivity index (χ3n) is 2.61. The molecule has 0 aliphatic carbocycles. The van der Waals surface area contributed by atoms with Gasteiger partial charge in [0.25, 0.3) is 0 Å². The van der Waals surface area contributed by atoms with Crippen molar-refractivity contribution >= 4 is 17.5 Å². The average Bonchev–Trinajstić information content (AvgIpc) is 2.34. The van der Waals surface area contributed by atoms with Crippen LogP contribution in [0.5, 0.6) is 0 Å². The monoisotopic (exact) mass is 248 g/mol. The van der Waals surface area contributed by atoms with Gasteiger partial charge in [0.2, 0.25) is 11.8 Å². The fourth-order valence-corrected chi connectivity index (χ4v) is 1.57. The largest absolute Gasteiger partial charge is 0.354 e. The third-order valence-corrected chi connectivity index (χ3v) is 2.61. The highest BCUT2D eigenvalue weighted by Gasteiger charge is 2.12. The van der Waals surface area contributed by atoms with Gasteiger partial charge in [-0.3, -0.25) is 9.59 Å². The lowest BCUT2D eigenvalue weighted by Gasteiger charge is -2.21. The van der Waals surface area contributed by atoms with Crippen LogP contribution in [0.4, 0.5) is 5.69 Å². The summed E-state index contributed by atoms with van der Waals surface area (Å²) < 4.78 is 0. The molecular formula is C14H20N2O2. The molecule has 0 saturated carbocycles. The Morgan fingerprint density at radius 2 is 1.83 bits per heavy atom. The number of carbonyl (C=O) groups excluding carboxylic acids is 2. The van der Waals surface area contributed by atoms with E-state index < -0.39 is 0 Å². The molecule has 0 radical (unpaired) electrons. The SMILES string of the molecule is CC(=O)N(CCNC(=O)C(C)C)c1ccccc1. The molecule has 4 heteroatoms. The van der Waals surface area contributed by atoms with E-state index in [1.807, 2.05) is 44.2 Å². The number of hydrogen-bond donors (Lipinski definition) is 1. The highest BCUT2D eigenvalue weighted by Crippen LogP contribution is 2.12. The van der Waals surface area contributed by atoms with E-state index in [0.29, 0.717) is 13.1 Å². The topological polar surface area (TPSA) is 49.4 Å². The normalized spacial score (nSPS) is 10.2. The second kappa shape index (κ2) is 6.79. The fourth-order valence-electron chi connectivity index (χ4n) is 1.57. The maximum atomic E-state index is 11.6. The Hall–Kier alpha value is -1.84. The Morgan fingerprint density at radius 1 is 1.22 bits per heavy atom. The van der Waals surface area contributed by atoms with Gasteiger partial charge in [0.15, 0.2) is 0 Å². The molecule has 0 aliphatic heterocycles. The van der Waals surface area contributed by atoms with Crippen molar-refractivity contribution in [2.75, 3.05) is 18.0 Å². The molecule has 0 spiro atoms. The Balaban J connectivity index is 2.56. The maximum Gasteiger partial charge on any atom is 0.223 e. The Morgan fingerprint density at radius 3 is 2.33 bits per heavy atom. The molecule has 1 aromatic carbocycles. The number of anilines is 1. The minimum atomic E-state index is -0.0347. The van der Waals surface area contributed by atoms with Crippen molar-refractivity contribution in [3.05, 3.63) is 30.3 Å². The number of hydrogen-bond acceptors (Lipinski definition) is 2. The maximum absolute atomic E-state index is 11.6. The van der Waals surface area contributed by atoms with Gasteiger partial charge in [0.1, 0.15) is 0 Å². The van der Waals surface area contributed by atoms with Gasteiger partial charge < -0.3 is 10.2 Å². The molecule has 1 rings (SSSR count). The van der Waals surface area contributed by atoms with Crippen LogP contribution in [0.15, 0.2) is 30.3 Å². The predicted molar refractivity (Wildman–Crippen MR) is 72.3 cm³/mol. The summed E-state index contributed by atoms with van der Waals surface area (Å²) in [7, 11) is 0. The highest BCUT2D eigenvalue weighted by molar-refractivity contribution is 5.91. The first-order valence-electron chi connectivity index (χ1n) is 6.13. The molecule has 0 saturated heterocycles. The molecule has 1 N–H and O–H groups in total. The summed E-state index contributed by atoms with van der Waals surface area (Å²) in [5.74, 6) is -0.0564.